The number of nitrogens with two attached hydrogens (primary N) is 1. The third-order valence-electron chi connectivity index (χ3n) is 6.14. The normalized spacial score (nSPS) is 21.7. The molecule has 1 unspecified atom stereocenters. The minimum absolute atomic E-state index is 0.0629. The number of anilines is 4. The van der Waals surface area contributed by atoms with Crippen molar-refractivity contribution >= 4 is 28.8 Å². The third-order valence-corrected chi connectivity index (χ3v) is 6.14. The quantitative estimate of drug-likeness (QED) is 0.774. The summed E-state index contributed by atoms with van der Waals surface area (Å²) in [5.74, 6) is 0.608. The fourth-order valence-electron chi connectivity index (χ4n) is 4.55. The average Bonchev–Trinajstić information content (AvgIpc) is 3.21. The lowest BCUT2D eigenvalue weighted by Gasteiger charge is -2.36. The minimum Gasteiger partial charge on any atom is -0.396 e. The van der Waals surface area contributed by atoms with E-state index in [4.69, 9.17) is 5.73 Å². The number of fused-ring (bicyclic) bond motifs is 3. The van der Waals surface area contributed by atoms with Crippen LogP contribution in [-0.2, 0) is 11.3 Å². The van der Waals surface area contributed by atoms with Gasteiger partial charge in [-0.1, -0.05) is 0 Å². The molecular weight excluding hydrogens is 371 g/mol. The monoisotopic (exact) mass is 396 g/mol. The number of carbonyl (C=O) groups is 1. The summed E-state index contributed by atoms with van der Waals surface area (Å²) in [6.45, 7) is 5.09. The van der Waals surface area contributed by atoms with Crippen LogP contribution in [0.25, 0.3) is 0 Å². The maximum Gasteiger partial charge on any atom is 0.247 e. The molecule has 1 aromatic carbocycles. The van der Waals surface area contributed by atoms with Crippen molar-refractivity contribution in [3.8, 4) is 0 Å². The molecule has 3 N–H and O–H groups in total. The summed E-state index contributed by atoms with van der Waals surface area (Å²) in [5.41, 5.74) is 8.54. The summed E-state index contributed by atoms with van der Waals surface area (Å²) < 4.78 is 13.7. The molecule has 8 heteroatoms. The van der Waals surface area contributed by atoms with Crippen LogP contribution in [0.1, 0.15) is 18.4 Å². The molecule has 3 aliphatic heterocycles. The molecule has 1 amide bonds. The maximum atomic E-state index is 13.7. The number of aromatic nitrogens is 1. The Hall–Kier alpha value is -2.87. The second-order valence-electron chi connectivity index (χ2n) is 8.02. The number of nitrogen functional groups attached to an aromatic ring is 1. The highest BCUT2D eigenvalue weighted by molar-refractivity contribution is 6.03. The van der Waals surface area contributed by atoms with Gasteiger partial charge in [-0.15, -0.1) is 0 Å². The highest BCUT2D eigenvalue weighted by Crippen LogP contribution is 2.35. The second kappa shape index (κ2) is 7.18. The first-order valence-electron chi connectivity index (χ1n) is 10.2. The van der Waals surface area contributed by atoms with Crippen molar-refractivity contribution in [1.29, 1.82) is 0 Å². The van der Waals surface area contributed by atoms with Crippen LogP contribution in [0.4, 0.5) is 27.3 Å². The summed E-state index contributed by atoms with van der Waals surface area (Å²) in [7, 11) is 0. The molecule has 2 aromatic rings. The van der Waals surface area contributed by atoms with Crippen molar-refractivity contribution < 1.29 is 9.18 Å². The summed E-state index contributed by atoms with van der Waals surface area (Å²) in [6, 6.07) is 6.99. The van der Waals surface area contributed by atoms with Crippen LogP contribution in [0.2, 0.25) is 0 Å². The van der Waals surface area contributed by atoms with Gasteiger partial charge < -0.3 is 20.9 Å². The number of pyridine rings is 1. The summed E-state index contributed by atoms with van der Waals surface area (Å²) in [6.07, 6.45) is 3.85. The van der Waals surface area contributed by atoms with E-state index in [1.807, 2.05) is 12.3 Å². The van der Waals surface area contributed by atoms with Crippen molar-refractivity contribution in [2.24, 2.45) is 0 Å². The number of nitrogens with one attached hydrogen (secondary N) is 1. The Balaban J connectivity index is 1.24. The number of rotatable bonds is 3. The van der Waals surface area contributed by atoms with Crippen LogP contribution in [0, 0.1) is 5.82 Å². The Morgan fingerprint density at radius 1 is 1.17 bits per heavy atom. The van der Waals surface area contributed by atoms with E-state index in [1.54, 1.807) is 6.07 Å². The first-order chi connectivity index (χ1) is 14.1. The van der Waals surface area contributed by atoms with E-state index in [1.165, 1.54) is 6.07 Å². The molecule has 1 atom stereocenters. The van der Waals surface area contributed by atoms with Gasteiger partial charge in [0.05, 0.1) is 11.4 Å². The van der Waals surface area contributed by atoms with Crippen LogP contribution in [0.5, 0.6) is 0 Å². The molecule has 5 rings (SSSR count). The number of nitrogens with zero attached hydrogens (tertiary/aromatic N) is 4. The van der Waals surface area contributed by atoms with E-state index >= 15 is 0 Å². The van der Waals surface area contributed by atoms with Crippen molar-refractivity contribution in [1.82, 2.24) is 9.88 Å². The Morgan fingerprint density at radius 3 is 2.79 bits per heavy atom. The lowest BCUT2D eigenvalue weighted by molar-refractivity contribution is -0.117. The van der Waals surface area contributed by atoms with Gasteiger partial charge in [-0.3, -0.25) is 9.69 Å². The highest BCUT2D eigenvalue weighted by Gasteiger charge is 2.37. The van der Waals surface area contributed by atoms with Crippen LogP contribution in [0.3, 0.4) is 0 Å². The van der Waals surface area contributed by atoms with Gasteiger partial charge >= 0.3 is 0 Å². The molecule has 0 spiro atoms. The predicted octanol–water partition coefficient (Wildman–Crippen LogP) is 2.05. The van der Waals surface area contributed by atoms with E-state index in [9.17, 15) is 9.18 Å². The SMILES string of the molecule is Nc1ccc(N2CCN(Cc3cnc4c(c3)NC(=O)C3CCCN43)CC2)cc1F. The minimum atomic E-state index is -0.368. The standard InChI is InChI=1S/C21H25FN6O/c22-16-11-15(3-4-17(16)23)27-8-6-26(7-9-27)13-14-10-18-20(24-12-14)28-5-1-2-19(28)21(29)25-18/h3-4,10-12,19H,1-2,5-9,13,23H2,(H,25,29). The Morgan fingerprint density at radius 2 is 2.00 bits per heavy atom. The molecule has 29 heavy (non-hydrogen) atoms. The van der Waals surface area contributed by atoms with Gasteiger partial charge in [0, 0.05) is 51.2 Å². The molecule has 152 valence electrons. The zero-order chi connectivity index (χ0) is 20.0. The molecule has 2 fully saturated rings. The van der Waals surface area contributed by atoms with E-state index < -0.39 is 0 Å². The fraction of sp³-hybridized carbons (Fsp3) is 0.429. The van der Waals surface area contributed by atoms with Crippen molar-refractivity contribution in [3.63, 3.8) is 0 Å². The number of hydrogen-bond acceptors (Lipinski definition) is 6. The summed E-state index contributed by atoms with van der Waals surface area (Å²) >= 11 is 0. The van der Waals surface area contributed by atoms with Crippen molar-refractivity contribution in [2.45, 2.75) is 25.4 Å². The molecule has 4 heterocycles. The average molecular weight is 396 g/mol. The van der Waals surface area contributed by atoms with E-state index in [0.29, 0.717) is 0 Å². The number of benzene rings is 1. The van der Waals surface area contributed by atoms with Crippen molar-refractivity contribution in [3.05, 3.63) is 41.8 Å². The van der Waals surface area contributed by atoms with Gasteiger partial charge in [-0.25, -0.2) is 9.37 Å². The lowest BCUT2D eigenvalue weighted by Crippen LogP contribution is -2.46. The molecular formula is C21H25FN6O. The Bertz CT molecular complexity index is 943. The van der Waals surface area contributed by atoms with Gasteiger partial charge in [0.15, 0.2) is 5.82 Å². The maximum absolute atomic E-state index is 13.7. The first-order valence-corrected chi connectivity index (χ1v) is 10.2. The van der Waals surface area contributed by atoms with Gasteiger partial charge in [-0.2, -0.15) is 0 Å². The molecule has 2 saturated heterocycles. The van der Waals surface area contributed by atoms with Crippen molar-refractivity contribution in [2.75, 3.05) is 53.6 Å². The predicted molar refractivity (Wildman–Crippen MR) is 112 cm³/mol. The molecule has 0 aliphatic carbocycles. The molecule has 7 nitrogen and oxygen atoms in total. The van der Waals surface area contributed by atoms with Crippen LogP contribution >= 0.6 is 0 Å². The van der Waals surface area contributed by atoms with E-state index in [-0.39, 0.29) is 23.5 Å². The van der Waals surface area contributed by atoms with Crippen LogP contribution < -0.4 is 20.9 Å². The summed E-state index contributed by atoms with van der Waals surface area (Å²) in [4.78, 5) is 23.7. The molecule has 1 aromatic heterocycles. The molecule has 0 radical (unpaired) electrons. The zero-order valence-corrected chi connectivity index (χ0v) is 16.3. The summed E-state index contributed by atoms with van der Waals surface area (Å²) in [5, 5.41) is 3.03. The number of piperazine rings is 1. The van der Waals surface area contributed by atoms with Gasteiger partial charge in [0.25, 0.3) is 0 Å². The molecule has 0 bridgehead atoms. The topological polar surface area (TPSA) is 77.7 Å². The Kier molecular flexibility index (Phi) is 4.50. The molecule has 3 aliphatic rings. The highest BCUT2D eigenvalue weighted by atomic mass is 19.1. The number of halogens is 1. The third kappa shape index (κ3) is 3.37. The first kappa shape index (κ1) is 18.2. The Labute approximate surface area is 169 Å². The van der Waals surface area contributed by atoms with Gasteiger partial charge in [0.1, 0.15) is 11.9 Å². The number of carbonyl (C=O) groups excluding carboxylic acids is 1. The lowest BCUT2D eigenvalue weighted by atomic mass is 10.1. The van der Waals surface area contributed by atoms with E-state index in [2.05, 4.69) is 31.1 Å². The molecule has 0 saturated carbocycles. The zero-order valence-electron chi connectivity index (χ0n) is 16.3. The fourth-order valence-corrected chi connectivity index (χ4v) is 4.55. The van der Waals surface area contributed by atoms with Gasteiger partial charge in [-0.05, 0) is 42.7 Å². The number of hydrogen-bond donors (Lipinski definition) is 2. The van der Waals surface area contributed by atoms with E-state index in [0.717, 1.165) is 74.9 Å². The van der Waals surface area contributed by atoms with Crippen LogP contribution in [0.15, 0.2) is 30.5 Å². The van der Waals surface area contributed by atoms with Crippen LogP contribution in [-0.4, -0.2) is 54.6 Å². The largest absolute Gasteiger partial charge is 0.396 e. The smallest absolute Gasteiger partial charge is 0.247 e. The second-order valence-corrected chi connectivity index (χ2v) is 8.02. The number of amides is 1. The van der Waals surface area contributed by atoms with Gasteiger partial charge in [0.2, 0.25) is 5.91 Å².